The van der Waals surface area contributed by atoms with Crippen LogP contribution in [0.3, 0.4) is 0 Å². The number of hydrogen-bond acceptors (Lipinski definition) is 2. The van der Waals surface area contributed by atoms with Gasteiger partial charge in [0.05, 0.1) is 0 Å². The largest absolute Gasteiger partial charge is 0.311 e. The maximum Gasteiger partial charge on any atom is 0.0224 e. The highest BCUT2D eigenvalue weighted by molar-refractivity contribution is 4.95. The number of nitrogens with zero attached hydrogens (tertiary/aromatic N) is 1. The van der Waals surface area contributed by atoms with Gasteiger partial charge in [-0.3, -0.25) is 4.90 Å². The molecule has 3 atom stereocenters. The van der Waals surface area contributed by atoms with Crippen LogP contribution in [0, 0.1) is 11.8 Å². The van der Waals surface area contributed by atoms with E-state index in [1.54, 1.807) is 0 Å². The molecular weight excluding hydrogens is 220 g/mol. The van der Waals surface area contributed by atoms with Crippen molar-refractivity contribution in [3.63, 3.8) is 0 Å². The summed E-state index contributed by atoms with van der Waals surface area (Å²) in [7, 11) is 0. The van der Waals surface area contributed by atoms with Crippen LogP contribution in [0.4, 0.5) is 0 Å². The second-order valence-corrected chi connectivity index (χ2v) is 7.04. The van der Waals surface area contributed by atoms with Gasteiger partial charge >= 0.3 is 0 Å². The third kappa shape index (κ3) is 2.75. The first-order chi connectivity index (χ1) is 8.75. The Kier molecular flexibility index (Phi) is 3.95. The fourth-order valence-corrected chi connectivity index (χ4v) is 4.18. The van der Waals surface area contributed by atoms with Crippen LogP contribution >= 0.6 is 0 Å². The first-order valence-corrected chi connectivity index (χ1v) is 8.25. The summed E-state index contributed by atoms with van der Waals surface area (Å²) in [6.07, 6.45) is 10.3. The standard InChI is InChI=1S/C16H30N2/c1-12-10-17-16(15-8-9-15)11-18(12)13(2)14-6-4-3-5-7-14/h12-17H,3-11H2,1-2H3. The van der Waals surface area contributed by atoms with Crippen molar-refractivity contribution in [2.45, 2.75) is 76.9 Å². The van der Waals surface area contributed by atoms with E-state index in [4.69, 9.17) is 0 Å². The van der Waals surface area contributed by atoms with Gasteiger partial charge in [0.25, 0.3) is 0 Å². The van der Waals surface area contributed by atoms with Gasteiger partial charge in [-0.2, -0.15) is 0 Å². The molecule has 2 saturated carbocycles. The Balaban J connectivity index is 1.60. The molecule has 0 bridgehead atoms. The minimum Gasteiger partial charge on any atom is -0.311 e. The molecule has 3 aliphatic rings. The Morgan fingerprint density at radius 3 is 2.44 bits per heavy atom. The Bertz CT molecular complexity index is 268. The van der Waals surface area contributed by atoms with E-state index in [-0.39, 0.29) is 0 Å². The summed E-state index contributed by atoms with van der Waals surface area (Å²) in [5.74, 6) is 1.97. The number of piperazine rings is 1. The van der Waals surface area contributed by atoms with Crippen molar-refractivity contribution >= 4 is 0 Å². The maximum absolute atomic E-state index is 3.78. The van der Waals surface area contributed by atoms with Gasteiger partial charge in [-0.1, -0.05) is 19.3 Å². The van der Waals surface area contributed by atoms with E-state index in [9.17, 15) is 0 Å². The summed E-state index contributed by atoms with van der Waals surface area (Å²) in [5, 5.41) is 3.78. The molecule has 1 heterocycles. The fraction of sp³-hybridized carbons (Fsp3) is 1.00. The fourth-order valence-electron chi connectivity index (χ4n) is 4.18. The van der Waals surface area contributed by atoms with Gasteiger partial charge in [-0.25, -0.2) is 0 Å². The molecule has 2 heteroatoms. The SMILES string of the molecule is CC1CNC(C2CC2)CN1C(C)C1CCCCC1. The minimum absolute atomic E-state index is 0.733. The normalized spacial score (nSPS) is 37.7. The summed E-state index contributed by atoms with van der Waals surface area (Å²) < 4.78 is 0. The quantitative estimate of drug-likeness (QED) is 0.828. The first-order valence-electron chi connectivity index (χ1n) is 8.25. The predicted molar refractivity (Wildman–Crippen MR) is 76.7 cm³/mol. The summed E-state index contributed by atoms with van der Waals surface area (Å²) in [6.45, 7) is 7.43. The van der Waals surface area contributed by atoms with Crippen molar-refractivity contribution in [1.29, 1.82) is 0 Å². The van der Waals surface area contributed by atoms with Crippen LogP contribution in [0.2, 0.25) is 0 Å². The van der Waals surface area contributed by atoms with Gasteiger partial charge < -0.3 is 5.32 Å². The van der Waals surface area contributed by atoms with Crippen molar-refractivity contribution in [2.24, 2.45) is 11.8 Å². The molecule has 0 radical (unpaired) electrons. The Morgan fingerprint density at radius 2 is 1.78 bits per heavy atom. The predicted octanol–water partition coefficient (Wildman–Crippen LogP) is 3.03. The van der Waals surface area contributed by atoms with Crippen LogP contribution in [0.1, 0.15) is 58.8 Å². The molecule has 2 nitrogen and oxygen atoms in total. The smallest absolute Gasteiger partial charge is 0.0224 e. The molecule has 3 unspecified atom stereocenters. The topological polar surface area (TPSA) is 15.3 Å². The zero-order valence-corrected chi connectivity index (χ0v) is 12.2. The van der Waals surface area contributed by atoms with Gasteiger partial charge in [0, 0.05) is 31.2 Å². The number of rotatable bonds is 3. The zero-order valence-electron chi connectivity index (χ0n) is 12.2. The molecule has 0 spiro atoms. The van der Waals surface area contributed by atoms with Gasteiger partial charge in [0.15, 0.2) is 0 Å². The Morgan fingerprint density at radius 1 is 1.06 bits per heavy atom. The zero-order chi connectivity index (χ0) is 12.5. The third-order valence-corrected chi connectivity index (χ3v) is 5.70. The third-order valence-electron chi connectivity index (χ3n) is 5.70. The van der Waals surface area contributed by atoms with Gasteiger partial charge in [0.1, 0.15) is 0 Å². The first kappa shape index (κ1) is 12.9. The lowest BCUT2D eigenvalue weighted by molar-refractivity contribution is 0.0522. The molecule has 2 aliphatic carbocycles. The molecule has 1 N–H and O–H groups in total. The van der Waals surface area contributed by atoms with Crippen molar-refractivity contribution in [1.82, 2.24) is 10.2 Å². The van der Waals surface area contributed by atoms with E-state index in [0.29, 0.717) is 0 Å². The second kappa shape index (κ2) is 5.50. The average molecular weight is 250 g/mol. The van der Waals surface area contributed by atoms with Gasteiger partial charge in [-0.15, -0.1) is 0 Å². The number of hydrogen-bond donors (Lipinski definition) is 1. The van der Waals surface area contributed by atoms with Crippen LogP contribution in [0.15, 0.2) is 0 Å². The van der Waals surface area contributed by atoms with Crippen molar-refractivity contribution in [3.05, 3.63) is 0 Å². The van der Waals surface area contributed by atoms with Crippen LogP contribution in [-0.2, 0) is 0 Å². The van der Waals surface area contributed by atoms with Crippen LogP contribution < -0.4 is 5.32 Å². The van der Waals surface area contributed by atoms with E-state index >= 15 is 0 Å². The molecule has 0 amide bonds. The van der Waals surface area contributed by atoms with E-state index in [1.807, 2.05) is 0 Å². The molecule has 104 valence electrons. The van der Waals surface area contributed by atoms with Gasteiger partial charge in [-0.05, 0) is 51.4 Å². The van der Waals surface area contributed by atoms with E-state index in [0.717, 1.165) is 30.0 Å². The lowest BCUT2D eigenvalue weighted by Gasteiger charge is -2.45. The van der Waals surface area contributed by atoms with Crippen LogP contribution in [0.5, 0.6) is 0 Å². The van der Waals surface area contributed by atoms with Crippen LogP contribution in [0.25, 0.3) is 0 Å². The minimum atomic E-state index is 0.733. The molecule has 3 rings (SSSR count). The van der Waals surface area contributed by atoms with Gasteiger partial charge in [0.2, 0.25) is 0 Å². The van der Waals surface area contributed by atoms with Crippen molar-refractivity contribution < 1.29 is 0 Å². The lowest BCUT2D eigenvalue weighted by Crippen LogP contribution is -2.59. The van der Waals surface area contributed by atoms with E-state index in [2.05, 4.69) is 24.1 Å². The molecule has 0 aromatic rings. The molecule has 1 saturated heterocycles. The summed E-state index contributed by atoms with van der Waals surface area (Å²) in [4.78, 5) is 2.83. The highest BCUT2D eigenvalue weighted by atomic mass is 15.3. The monoisotopic (exact) mass is 250 g/mol. The number of nitrogens with one attached hydrogen (secondary N) is 1. The van der Waals surface area contributed by atoms with E-state index in [1.165, 1.54) is 58.0 Å². The summed E-state index contributed by atoms with van der Waals surface area (Å²) in [6, 6.07) is 2.34. The summed E-state index contributed by atoms with van der Waals surface area (Å²) >= 11 is 0. The molecule has 3 fully saturated rings. The Hall–Kier alpha value is -0.0800. The van der Waals surface area contributed by atoms with Crippen molar-refractivity contribution in [2.75, 3.05) is 13.1 Å². The van der Waals surface area contributed by atoms with Crippen LogP contribution in [-0.4, -0.2) is 36.1 Å². The average Bonchev–Trinajstić information content (AvgIpc) is 3.24. The van der Waals surface area contributed by atoms with E-state index < -0.39 is 0 Å². The molecule has 0 aromatic carbocycles. The highest BCUT2D eigenvalue weighted by Crippen LogP contribution is 2.36. The molecule has 1 aliphatic heterocycles. The molecule has 0 aromatic heterocycles. The molecular formula is C16H30N2. The maximum atomic E-state index is 3.78. The lowest BCUT2D eigenvalue weighted by atomic mass is 9.83. The summed E-state index contributed by atoms with van der Waals surface area (Å²) in [5.41, 5.74) is 0. The second-order valence-electron chi connectivity index (χ2n) is 7.04. The van der Waals surface area contributed by atoms with Crippen molar-refractivity contribution in [3.8, 4) is 0 Å². The molecule has 18 heavy (non-hydrogen) atoms. The Labute approximate surface area is 113 Å². The highest BCUT2D eigenvalue weighted by Gasteiger charge is 2.38.